The molecule has 1 aromatic rings. The van der Waals surface area contributed by atoms with Crippen LogP contribution < -0.4 is 4.74 Å². The number of rotatable bonds is 3. The Morgan fingerprint density at radius 2 is 1.87 bits per heavy atom. The quantitative estimate of drug-likeness (QED) is 0.835. The van der Waals surface area contributed by atoms with Gasteiger partial charge in [0.2, 0.25) is 0 Å². The van der Waals surface area contributed by atoms with Crippen molar-refractivity contribution in [1.29, 1.82) is 0 Å². The molecule has 0 aliphatic carbocycles. The minimum Gasteiger partial charge on any atom is -0.490 e. The summed E-state index contributed by atoms with van der Waals surface area (Å²) >= 11 is 0. The molecule has 1 aliphatic heterocycles. The summed E-state index contributed by atoms with van der Waals surface area (Å²) in [6, 6.07) is 6.42. The van der Waals surface area contributed by atoms with E-state index in [-0.39, 0.29) is 23.1 Å². The Labute approximate surface area is 137 Å². The molecule has 1 amide bonds. The number of carbonyl (C=O) groups is 1. The van der Waals surface area contributed by atoms with Crippen molar-refractivity contribution in [3.8, 4) is 5.75 Å². The second-order valence-corrected chi connectivity index (χ2v) is 7.50. The van der Waals surface area contributed by atoms with Crippen molar-refractivity contribution in [2.45, 2.75) is 46.1 Å². The van der Waals surface area contributed by atoms with Gasteiger partial charge in [0.15, 0.2) is 11.6 Å². The summed E-state index contributed by atoms with van der Waals surface area (Å²) in [5, 5.41) is 0. The minimum atomic E-state index is -0.480. The van der Waals surface area contributed by atoms with Crippen LogP contribution in [0.15, 0.2) is 24.3 Å². The van der Waals surface area contributed by atoms with Gasteiger partial charge in [0.25, 0.3) is 0 Å². The average Bonchev–Trinajstić information content (AvgIpc) is 2.45. The fourth-order valence-corrected chi connectivity index (χ4v) is 2.51. The van der Waals surface area contributed by atoms with Gasteiger partial charge in [-0.25, -0.2) is 9.18 Å². The van der Waals surface area contributed by atoms with Gasteiger partial charge in [0.05, 0.1) is 6.61 Å². The molecule has 0 spiro atoms. The van der Waals surface area contributed by atoms with E-state index in [0.29, 0.717) is 19.7 Å². The van der Waals surface area contributed by atoms with Crippen molar-refractivity contribution in [1.82, 2.24) is 4.90 Å². The van der Waals surface area contributed by atoms with Crippen molar-refractivity contribution in [3.63, 3.8) is 0 Å². The largest absolute Gasteiger partial charge is 0.490 e. The Morgan fingerprint density at radius 1 is 1.26 bits per heavy atom. The van der Waals surface area contributed by atoms with E-state index in [1.807, 2.05) is 20.8 Å². The number of likely N-dealkylation sites (tertiary alicyclic amines) is 1. The summed E-state index contributed by atoms with van der Waals surface area (Å²) in [7, 11) is 0. The maximum atomic E-state index is 13.6. The predicted molar refractivity (Wildman–Crippen MR) is 87.0 cm³/mol. The molecule has 4 nitrogen and oxygen atoms in total. The summed E-state index contributed by atoms with van der Waals surface area (Å²) in [5.74, 6) is -0.0643. The number of carbonyl (C=O) groups excluding carboxylic acids is 1. The number of halogens is 1. The monoisotopic (exact) mass is 323 g/mol. The molecule has 5 heteroatoms. The van der Waals surface area contributed by atoms with E-state index in [1.165, 1.54) is 6.07 Å². The van der Waals surface area contributed by atoms with Gasteiger partial charge in [-0.05, 0) is 45.7 Å². The fourth-order valence-electron chi connectivity index (χ4n) is 2.51. The molecule has 0 radical (unpaired) electrons. The Bertz CT molecular complexity index is 545. The number of nitrogens with zero attached hydrogens (tertiary/aromatic N) is 1. The Kier molecular flexibility index (Phi) is 5.17. The molecule has 0 bridgehead atoms. The fraction of sp³-hybridized carbons (Fsp3) is 0.611. The standard InChI is InChI=1S/C18H26FNO3/c1-17(2,3)23-16(21)20-11-9-18(4,10-12-20)13-22-15-8-6-5-7-14(15)19/h5-8H,9-13H2,1-4H3. The van der Waals surface area contributed by atoms with Crippen molar-refractivity contribution >= 4 is 6.09 Å². The lowest BCUT2D eigenvalue weighted by Gasteiger charge is -2.39. The highest BCUT2D eigenvalue weighted by Gasteiger charge is 2.34. The van der Waals surface area contributed by atoms with Crippen LogP contribution in [0.2, 0.25) is 0 Å². The van der Waals surface area contributed by atoms with Crippen molar-refractivity contribution in [3.05, 3.63) is 30.1 Å². The zero-order chi connectivity index (χ0) is 17.1. The Morgan fingerprint density at radius 3 is 2.43 bits per heavy atom. The topological polar surface area (TPSA) is 38.8 Å². The minimum absolute atomic E-state index is 0.0687. The third-order valence-electron chi connectivity index (χ3n) is 4.04. The summed E-state index contributed by atoms with van der Waals surface area (Å²) in [4.78, 5) is 13.8. The average molecular weight is 323 g/mol. The van der Waals surface area contributed by atoms with Crippen LogP contribution in [0.5, 0.6) is 5.75 Å². The summed E-state index contributed by atoms with van der Waals surface area (Å²) in [5.41, 5.74) is -0.549. The number of hydrogen-bond acceptors (Lipinski definition) is 3. The lowest BCUT2D eigenvalue weighted by molar-refractivity contribution is 0.00574. The summed E-state index contributed by atoms with van der Waals surface area (Å²) in [6.45, 7) is 9.40. The second-order valence-electron chi connectivity index (χ2n) is 7.50. The third-order valence-corrected chi connectivity index (χ3v) is 4.04. The molecule has 1 saturated heterocycles. The Balaban J connectivity index is 1.85. The van der Waals surface area contributed by atoms with E-state index in [0.717, 1.165) is 12.8 Å². The van der Waals surface area contributed by atoms with Gasteiger partial charge in [-0.3, -0.25) is 0 Å². The van der Waals surface area contributed by atoms with E-state index in [2.05, 4.69) is 6.92 Å². The maximum Gasteiger partial charge on any atom is 0.410 e. The zero-order valence-electron chi connectivity index (χ0n) is 14.4. The zero-order valence-corrected chi connectivity index (χ0v) is 14.4. The van der Waals surface area contributed by atoms with Gasteiger partial charge < -0.3 is 14.4 Å². The van der Waals surface area contributed by atoms with Crippen LogP contribution in [0.25, 0.3) is 0 Å². The highest BCUT2D eigenvalue weighted by atomic mass is 19.1. The van der Waals surface area contributed by atoms with Crippen LogP contribution >= 0.6 is 0 Å². The first-order valence-electron chi connectivity index (χ1n) is 8.04. The van der Waals surface area contributed by atoms with E-state index in [4.69, 9.17) is 9.47 Å². The van der Waals surface area contributed by atoms with Crippen LogP contribution in [-0.2, 0) is 4.74 Å². The molecule has 0 atom stereocenters. The van der Waals surface area contributed by atoms with Gasteiger partial charge in [-0.2, -0.15) is 0 Å². The molecule has 128 valence electrons. The number of piperidine rings is 1. The van der Waals surface area contributed by atoms with E-state index < -0.39 is 5.60 Å². The van der Waals surface area contributed by atoms with Gasteiger partial charge >= 0.3 is 6.09 Å². The molecular weight excluding hydrogens is 297 g/mol. The summed E-state index contributed by atoms with van der Waals surface area (Å²) < 4.78 is 24.6. The molecular formula is C18H26FNO3. The third kappa shape index (κ3) is 5.12. The number of hydrogen-bond donors (Lipinski definition) is 0. The molecule has 23 heavy (non-hydrogen) atoms. The Hall–Kier alpha value is -1.78. The first-order valence-corrected chi connectivity index (χ1v) is 8.04. The SMILES string of the molecule is CC1(COc2ccccc2F)CCN(C(=O)OC(C)(C)C)CC1. The lowest BCUT2D eigenvalue weighted by atomic mass is 9.81. The van der Waals surface area contributed by atoms with E-state index >= 15 is 0 Å². The second kappa shape index (κ2) is 6.77. The highest BCUT2D eigenvalue weighted by molar-refractivity contribution is 5.68. The number of ether oxygens (including phenoxy) is 2. The highest BCUT2D eigenvalue weighted by Crippen LogP contribution is 2.32. The van der Waals surface area contributed by atoms with Gasteiger partial charge in [0.1, 0.15) is 5.60 Å². The normalized spacial score (nSPS) is 17.7. The number of amides is 1. The first-order chi connectivity index (χ1) is 10.7. The number of benzene rings is 1. The van der Waals surface area contributed by atoms with Crippen LogP contribution in [0, 0.1) is 11.2 Å². The molecule has 2 rings (SSSR count). The van der Waals surface area contributed by atoms with Crippen LogP contribution in [0.3, 0.4) is 0 Å². The van der Waals surface area contributed by atoms with Crippen LogP contribution in [0.1, 0.15) is 40.5 Å². The molecule has 1 aromatic carbocycles. The van der Waals surface area contributed by atoms with Gasteiger partial charge in [-0.15, -0.1) is 0 Å². The smallest absolute Gasteiger partial charge is 0.410 e. The lowest BCUT2D eigenvalue weighted by Crippen LogP contribution is -2.46. The van der Waals surface area contributed by atoms with Gasteiger partial charge in [0, 0.05) is 18.5 Å². The van der Waals surface area contributed by atoms with E-state index in [9.17, 15) is 9.18 Å². The van der Waals surface area contributed by atoms with Crippen molar-refractivity contribution in [2.24, 2.45) is 5.41 Å². The molecule has 0 unspecified atom stereocenters. The molecule has 0 saturated carbocycles. The summed E-state index contributed by atoms with van der Waals surface area (Å²) in [6.07, 6.45) is 1.34. The van der Waals surface area contributed by atoms with Crippen LogP contribution in [-0.4, -0.2) is 36.3 Å². The first kappa shape index (κ1) is 17.6. The maximum absolute atomic E-state index is 13.6. The number of para-hydroxylation sites is 1. The molecule has 1 aliphatic rings. The predicted octanol–water partition coefficient (Wildman–Crippen LogP) is 4.24. The molecule has 0 N–H and O–H groups in total. The van der Waals surface area contributed by atoms with Crippen molar-refractivity contribution < 1.29 is 18.7 Å². The molecule has 1 heterocycles. The van der Waals surface area contributed by atoms with Crippen molar-refractivity contribution in [2.75, 3.05) is 19.7 Å². The molecule has 1 fully saturated rings. The van der Waals surface area contributed by atoms with E-state index in [1.54, 1.807) is 23.1 Å². The molecule has 0 aromatic heterocycles. The van der Waals surface area contributed by atoms with Gasteiger partial charge in [-0.1, -0.05) is 19.1 Å². The van der Waals surface area contributed by atoms with Crippen LogP contribution in [0.4, 0.5) is 9.18 Å².